The molecule has 0 N–H and O–H groups in total. The topological polar surface area (TPSA) is 0 Å². The Morgan fingerprint density at radius 2 is 1.75 bits per heavy atom. The molecule has 0 radical (unpaired) electrons. The summed E-state index contributed by atoms with van der Waals surface area (Å²) < 4.78 is 0. The van der Waals surface area contributed by atoms with Crippen LogP contribution in [0.3, 0.4) is 0 Å². The highest BCUT2D eigenvalue weighted by Gasteiger charge is 1.87. The normalized spacial score (nSPS) is 10.8. The van der Waals surface area contributed by atoms with Crippen molar-refractivity contribution in [3.63, 3.8) is 0 Å². The van der Waals surface area contributed by atoms with Crippen molar-refractivity contribution < 1.29 is 0 Å². The zero-order valence-corrected chi connectivity index (χ0v) is 7.88. The van der Waals surface area contributed by atoms with Crippen LogP contribution in [0.2, 0.25) is 0 Å². The van der Waals surface area contributed by atoms with Gasteiger partial charge in [0.15, 0.2) is 0 Å². The summed E-state index contributed by atoms with van der Waals surface area (Å²) in [6.07, 6.45) is 6.58. The van der Waals surface area contributed by atoms with E-state index in [0.29, 0.717) is 0 Å². The largest absolute Gasteiger partial charge is 0.0842 e. The molecule has 0 spiro atoms. The Balaban J connectivity index is 2.71. The van der Waals surface area contributed by atoms with Crippen molar-refractivity contribution >= 4 is 6.08 Å². The molecule has 0 aromatic heterocycles. The maximum Gasteiger partial charge on any atom is -0.0260 e. The first kappa shape index (κ1) is 9.05. The summed E-state index contributed by atoms with van der Waals surface area (Å²) in [4.78, 5) is 0. The number of hydrogen-bond acceptors (Lipinski definition) is 0. The quantitative estimate of drug-likeness (QED) is 0.633. The van der Waals surface area contributed by atoms with Crippen molar-refractivity contribution in [1.29, 1.82) is 0 Å². The first-order valence-electron chi connectivity index (χ1n) is 4.62. The van der Waals surface area contributed by atoms with Gasteiger partial charge in [0, 0.05) is 0 Å². The molecule has 0 aliphatic rings. The molecule has 0 heteroatoms. The summed E-state index contributed by atoms with van der Waals surface area (Å²) in [6, 6.07) is 8.72. The van der Waals surface area contributed by atoms with Gasteiger partial charge in [0.05, 0.1) is 0 Å². The number of allylic oxidation sites excluding steroid dienone is 1. The summed E-state index contributed by atoms with van der Waals surface area (Å²) in [5.74, 6) is 0. The van der Waals surface area contributed by atoms with Gasteiger partial charge in [0.1, 0.15) is 0 Å². The van der Waals surface area contributed by atoms with Crippen molar-refractivity contribution in [3.05, 3.63) is 41.5 Å². The molecule has 0 fully saturated rings. The third-order valence-electron chi connectivity index (χ3n) is 1.93. The summed E-state index contributed by atoms with van der Waals surface area (Å²) >= 11 is 0. The van der Waals surface area contributed by atoms with Crippen molar-refractivity contribution in [2.45, 2.75) is 26.7 Å². The van der Waals surface area contributed by atoms with Crippen LogP contribution in [0.4, 0.5) is 0 Å². The van der Waals surface area contributed by atoms with Gasteiger partial charge in [0.2, 0.25) is 0 Å². The number of aryl methyl sites for hydroxylation is 1. The van der Waals surface area contributed by atoms with Crippen LogP contribution in [0.25, 0.3) is 6.08 Å². The van der Waals surface area contributed by atoms with E-state index in [9.17, 15) is 0 Å². The third-order valence-corrected chi connectivity index (χ3v) is 1.93. The van der Waals surface area contributed by atoms with E-state index in [2.05, 4.69) is 50.3 Å². The Bertz CT molecular complexity index is 241. The van der Waals surface area contributed by atoms with Gasteiger partial charge in [-0.2, -0.15) is 0 Å². The molecule has 0 heterocycles. The molecule has 0 saturated carbocycles. The third kappa shape index (κ3) is 2.54. The number of hydrogen-bond donors (Lipinski definition) is 0. The van der Waals surface area contributed by atoms with Crippen LogP contribution in [0.15, 0.2) is 30.3 Å². The Morgan fingerprint density at radius 3 is 2.25 bits per heavy atom. The summed E-state index contributed by atoms with van der Waals surface area (Å²) in [5, 5.41) is 0. The lowest BCUT2D eigenvalue weighted by Gasteiger charge is -1.96. The van der Waals surface area contributed by atoms with Crippen LogP contribution in [0, 0.1) is 0 Å². The molecule has 0 amide bonds. The van der Waals surface area contributed by atoms with Gasteiger partial charge < -0.3 is 0 Å². The Labute approximate surface area is 74.9 Å². The molecule has 64 valence electrons. The van der Waals surface area contributed by atoms with Crippen LogP contribution >= 0.6 is 0 Å². The first-order chi connectivity index (χ1) is 5.86. The van der Waals surface area contributed by atoms with E-state index in [1.165, 1.54) is 11.1 Å². The molecular formula is C12H16. The fraction of sp³-hybridized carbons (Fsp3) is 0.333. The van der Waals surface area contributed by atoms with Crippen molar-refractivity contribution in [2.24, 2.45) is 0 Å². The van der Waals surface area contributed by atoms with Crippen molar-refractivity contribution in [3.8, 4) is 0 Å². The molecule has 12 heavy (non-hydrogen) atoms. The molecule has 0 unspecified atom stereocenters. The van der Waals surface area contributed by atoms with Gasteiger partial charge in [-0.3, -0.25) is 0 Å². The van der Waals surface area contributed by atoms with E-state index in [-0.39, 0.29) is 0 Å². The highest BCUT2D eigenvalue weighted by molar-refractivity contribution is 5.49. The van der Waals surface area contributed by atoms with Gasteiger partial charge in [-0.1, -0.05) is 50.3 Å². The minimum absolute atomic E-state index is 1.11. The molecule has 0 bridgehead atoms. The lowest BCUT2D eigenvalue weighted by molar-refractivity contribution is 1.14. The van der Waals surface area contributed by atoms with Crippen LogP contribution in [0.1, 0.15) is 31.4 Å². The minimum atomic E-state index is 1.11. The molecular weight excluding hydrogens is 144 g/mol. The molecule has 0 aliphatic heterocycles. The second-order valence-corrected chi connectivity index (χ2v) is 2.91. The molecule has 1 aromatic carbocycles. The van der Waals surface area contributed by atoms with Gasteiger partial charge in [-0.25, -0.2) is 0 Å². The maximum absolute atomic E-state index is 2.19. The van der Waals surface area contributed by atoms with Crippen LogP contribution < -0.4 is 0 Å². The Morgan fingerprint density at radius 1 is 1.08 bits per heavy atom. The molecule has 0 saturated heterocycles. The Kier molecular flexibility index (Phi) is 3.59. The zero-order chi connectivity index (χ0) is 8.81. The second kappa shape index (κ2) is 4.76. The van der Waals surface area contributed by atoms with Crippen LogP contribution in [-0.2, 0) is 6.42 Å². The molecule has 0 aliphatic carbocycles. The fourth-order valence-electron chi connectivity index (χ4n) is 1.12. The lowest BCUT2D eigenvalue weighted by Crippen LogP contribution is -1.78. The van der Waals surface area contributed by atoms with Crippen molar-refractivity contribution in [2.75, 3.05) is 0 Å². The lowest BCUT2D eigenvalue weighted by atomic mass is 10.1. The highest BCUT2D eigenvalue weighted by Crippen LogP contribution is 2.06. The standard InChI is InChI=1S/C12H16/c1-3-5-6-12-9-7-11(4-2)8-10-12/h5-10H,3-4H2,1-2H3/b6-5+. The van der Waals surface area contributed by atoms with E-state index in [1.807, 2.05) is 0 Å². The average molecular weight is 160 g/mol. The molecule has 0 atom stereocenters. The molecule has 1 rings (SSSR count). The predicted molar refractivity (Wildman–Crippen MR) is 55.1 cm³/mol. The van der Waals surface area contributed by atoms with E-state index >= 15 is 0 Å². The van der Waals surface area contributed by atoms with Crippen molar-refractivity contribution in [1.82, 2.24) is 0 Å². The van der Waals surface area contributed by atoms with E-state index in [1.54, 1.807) is 0 Å². The predicted octanol–water partition coefficient (Wildman–Crippen LogP) is 3.67. The number of rotatable bonds is 3. The molecule has 0 nitrogen and oxygen atoms in total. The van der Waals surface area contributed by atoms with Gasteiger partial charge in [0.25, 0.3) is 0 Å². The smallest absolute Gasteiger partial charge is 0.0260 e. The highest BCUT2D eigenvalue weighted by atomic mass is 13.9. The molecule has 1 aromatic rings. The summed E-state index contributed by atoms with van der Waals surface area (Å²) in [5.41, 5.74) is 2.71. The first-order valence-corrected chi connectivity index (χ1v) is 4.62. The van der Waals surface area contributed by atoms with Gasteiger partial charge >= 0.3 is 0 Å². The maximum atomic E-state index is 2.19. The zero-order valence-electron chi connectivity index (χ0n) is 7.88. The second-order valence-electron chi connectivity index (χ2n) is 2.91. The minimum Gasteiger partial charge on any atom is -0.0842 e. The monoisotopic (exact) mass is 160 g/mol. The summed E-state index contributed by atoms with van der Waals surface area (Å²) in [6.45, 7) is 4.33. The number of benzene rings is 1. The van der Waals surface area contributed by atoms with Gasteiger partial charge in [-0.05, 0) is 24.0 Å². The van der Waals surface area contributed by atoms with Crippen LogP contribution in [-0.4, -0.2) is 0 Å². The Hall–Kier alpha value is -1.04. The van der Waals surface area contributed by atoms with Crippen LogP contribution in [0.5, 0.6) is 0 Å². The van der Waals surface area contributed by atoms with Gasteiger partial charge in [-0.15, -0.1) is 0 Å². The fourth-order valence-corrected chi connectivity index (χ4v) is 1.12. The van der Waals surface area contributed by atoms with E-state index in [4.69, 9.17) is 0 Å². The van der Waals surface area contributed by atoms with E-state index < -0.39 is 0 Å². The SMILES string of the molecule is CC/C=C/c1ccc(CC)cc1. The average Bonchev–Trinajstić information content (AvgIpc) is 2.15. The van der Waals surface area contributed by atoms with E-state index in [0.717, 1.165) is 12.8 Å². The summed E-state index contributed by atoms with van der Waals surface area (Å²) in [7, 11) is 0.